The Morgan fingerprint density at radius 3 is 2.14 bits per heavy atom. The fraction of sp³-hybridized carbons (Fsp3) is 0.957. The molecule has 2 saturated heterocycles. The normalized spacial score (nSPS) is 28.2. The van der Waals surface area contributed by atoms with Crippen LogP contribution in [0.5, 0.6) is 0 Å². The highest BCUT2D eigenvalue weighted by Crippen LogP contribution is 2.25. The minimum absolute atomic E-state index is 0.0556. The summed E-state index contributed by atoms with van der Waals surface area (Å²) in [6.07, 6.45) is 4.69. The van der Waals surface area contributed by atoms with Crippen LogP contribution >= 0.6 is 0 Å². The monoisotopic (exact) mass is 414 g/mol. The van der Waals surface area contributed by atoms with Crippen molar-refractivity contribution in [3.8, 4) is 0 Å². The molecule has 0 saturated carbocycles. The van der Waals surface area contributed by atoms with Crippen LogP contribution in [-0.4, -0.2) is 64.2 Å². The van der Waals surface area contributed by atoms with Crippen LogP contribution in [0.3, 0.4) is 0 Å². The van der Waals surface area contributed by atoms with Crippen molar-refractivity contribution in [2.75, 3.05) is 13.1 Å². The average Bonchev–Trinajstić information content (AvgIpc) is 2.52. The fourth-order valence-corrected chi connectivity index (χ4v) is 4.09. The molecule has 3 N–H and O–H groups in total. The zero-order valence-electron chi connectivity index (χ0n) is 19.8. The first-order valence-electron chi connectivity index (χ1n) is 11.5. The van der Waals surface area contributed by atoms with Gasteiger partial charge in [-0.25, -0.2) is 4.79 Å². The first kappa shape index (κ1) is 26.2. The van der Waals surface area contributed by atoms with E-state index in [1.165, 1.54) is 6.42 Å². The minimum atomic E-state index is -0.463. The molecule has 4 unspecified atom stereocenters. The summed E-state index contributed by atoms with van der Waals surface area (Å²) < 4.78 is 5.43. The highest BCUT2D eigenvalue weighted by molar-refractivity contribution is 5.68. The van der Waals surface area contributed by atoms with Gasteiger partial charge in [-0.3, -0.25) is 0 Å². The predicted octanol–water partition coefficient (Wildman–Crippen LogP) is 3.94. The number of hydrogen-bond acceptors (Lipinski definition) is 5. The van der Waals surface area contributed by atoms with Gasteiger partial charge in [-0.2, -0.15) is 0 Å². The molecule has 4 atom stereocenters. The van der Waals surface area contributed by atoms with E-state index in [9.17, 15) is 15.0 Å². The third kappa shape index (κ3) is 11.2. The molecule has 0 aromatic rings. The summed E-state index contributed by atoms with van der Waals surface area (Å²) in [4.78, 5) is 13.9. The fourth-order valence-electron chi connectivity index (χ4n) is 4.09. The summed E-state index contributed by atoms with van der Waals surface area (Å²) in [6.45, 7) is 15.9. The number of nitrogens with zero attached hydrogens (tertiary/aromatic N) is 1. The second kappa shape index (κ2) is 12.1. The Labute approximate surface area is 178 Å². The molecule has 2 aliphatic rings. The maximum absolute atomic E-state index is 12.1. The van der Waals surface area contributed by atoms with Crippen LogP contribution in [0.4, 0.5) is 4.79 Å². The first-order chi connectivity index (χ1) is 13.4. The molecule has 29 heavy (non-hydrogen) atoms. The summed E-state index contributed by atoms with van der Waals surface area (Å²) in [6, 6.07) is 0.655. The number of piperidine rings is 2. The van der Waals surface area contributed by atoms with Crippen LogP contribution in [0.25, 0.3) is 0 Å². The third-order valence-electron chi connectivity index (χ3n) is 5.28. The molecule has 2 heterocycles. The van der Waals surface area contributed by atoms with Crippen molar-refractivity contribution in [1.29, 1.82) is 0 Å². The van der Waals surface area contributed by atoms with E-state index in [2.05, 4.69) is 33.0 Å². The molecule has 0 aromatic heterocycles. The van der Waals surface area contributed by atoms with Gasteiger partial charge in [0.25, 0.3) is 0 Å². The van der Waals surface area contributed by atoms with Crippen LogP contribution in [0.1, 0.15) is 87.0 Å². The molecule has 0 bridgehead atoms. The van der Waals surface area contributed by atoms with Gasteiger partial charge in [-0.1, -0.05) is 27.7 Å². The van der Waals surface area contributed by atoms with Crippen molar-refractivity contribution < 1.29 is 19.7 Å². The molecule has 2 fully saturated rings. The number of amides is 1. The molecular weight excluding hydrogens is 368 g/mol. The first-order valence-corrected chi connectivity index (χ1v) is 11.5. The molecule has 0 aliphatic carbocycles. The molecule has 1 amide bonds. The Bertz CT molecular complexity index is 472. The maximum atomic E-state index is 12.1. The van der Waals surface area contributed by atoms with Gasteiger partial charge in [0, 0.05) is 18.6 Å². The van der Waals surface area contributed by atoms with Crippen LogP contribution in [0.2, 0.25) is 0 Å². The molecule has 0 aromatic carbocycles. The van der Waals surface area contributed by atoms with Gasteiger partial charge in [0.2, 0.25) is 0 Å². The number of aliphatic hydroxyl groups is 2. The predicted molar refractivity (Wildman–Crippen MR) is 118 cm³/mol. The van der Waals surface area contributed by atoms with Gasteiger partial charge in [0.1, 0.15) is 5.60 Å². The molecule has 0 radical (unpaired) electrons. The van der Waals surface area contributed by atoms with Gasteiger partial charge in [0.15, 0.2) is 0 Å². The molecule has 2 aliphatic heterocycles. The van der Waals surface area contributed by atoms with E-state index in [0.717, 1.165) is 31.7 Å². The Hall–Kier alpha value is -0.850. The highest BCUT2D eigenvalue weighted by atomic mass is 16.6. The van der Waals surface area contributed by atoms with E-state index in [0.29, 0.717) is 31.3 Å². The topological polar surface area (TPSA) is 82.0 Å². The molecular formula is C23H46N2O4. The van der Waals surface area contributed by atoms with E-state index in [-0.39, 0.29) is 24.3 Å². The van der Waals surface area contributed by atoms with Gasteiger partial charge >= 0.3 is 6.09 Å². The Kier molecular flexibility index (Phi) is 10.9. The van der Waals surface area contributed by atoms with E-state index < -0.39 is 5.60 Å². The average molecular weight is 415 g/mol. The number of carbonyl (C=O) groups excluding carboxylic acids is 1. The maximum Gasteiger partial charge on any atom is 0.410 e. The second-order valence-electron chi connectivity index (χ2n) is 10.6. The van der Waals surface area contributed by atoms with E-state index in [1.807, 2.05) is 20.8 Å². The number of hydrogen-bond donors (Lipinski definition) is 3. The lowest BCUT2D eigenvalue weighted by Gasteiger charge is -2.39. The van der Waals surface area contributed by atoms with Crippen molar-refractivity contribution in [1.82, 2.24) is 10.2 Å². The van der Waals surface area contributed by atoms with Crippen LogP contribution in [-0.2, 0) is 4.74 Å². The van der Waals surface area contributed by atoms with Gasteiger partial charge < -0.3 is 25.2 Å². The molecule has 172 valence electrons. The minimum Gasteiger partial charge on any atom is -0.444 e. The number of ether oxygens (including phenoxy) is 1. The van der Waals surface area contributed by atoms with Gasteiger partial charge in [-0.05, 0) is 77.7 Å². The van der Waals surface area contributed by atoms with Crippen molar-refractivity contribution in [3.63, 3.8) is 0 Å². The molecule has 6 heteroatoms. The lowest BCUT2D eigenvalue weighted by atomic mass is 9.93. The van der Waals surface area contributed by atoms with Crippen LogP contribution < -0.4 is 5.32 Å². The quantitative estimate of drug-likeness (QED) is 0.649. The van der Waals surface area contributed by atoms with E-state index in [4.69, 9.17) is 4.74 Å². The van der Waals surface area contributed by atoms with Crippen molar-refractivity contribution in [2.45, 2.75) is 117 Å². The third-order valence-corrected chi connectivity index (χ3v) is 5.28. The largest absolute Gasteiger partial charge is 0.444 e. The van der Waals surface area contributed by atoms with Gasteiger partial charge in [-0.15, -0.1) is 0 Å². The summed E-state index contributed by atoms with van der Waals surface area (Å²) >= 11 is 0. The smallest absolute Gasteiger partial charge is 0.410 e. The highest BCUT2D eigenvalue weighted by Gasteiger charge is 2.33. The standard InChI is InChI=1S/C14H27NO3.C9H19NO/c1-10(2)8-11-9-12(16)6-7-15(11)13(17)18-14(3,4)5;1-7(2)5-8-6-9(11)3-4-10-8/h10-12,16H,6-9H2,1-5H3;7-11H,3-6H2,1-2H3. The van der Waals surface area contributed by atoms with Crippen molar-refractivity contribution in [2.24, 2.45) is 11.8 Å². The number of likely N-dealkylation sites (tertiary alicyclic amines) is 1. The SMILES string of the molecule is CC(C)CC1CC(O)CCN1.CC(C)CC1CC(O)CCN1C(=O)OC(C)(C)C. The molecule has 2 rings (SSSR count). The Morgan fingerprint density at radius 2 is 1.62 bits per heavy atom. The summed E-state index contributed by atoms with van der Waals surface area (Å²) in [5.74, 6) is 1.24. The molecule has 6 nitrogen and oxygen atoms in total. The van der Waals surface area contributed by atoms with Gasteiger partial charge in [0.05, 0.1) is 12.2 Å². The van der Waals surface area contributed by atoms with Crippen LogP contribution in [0, 0.1) is 11.8 Å². The zero-order valence-corrected chi connectivity index (χ0v) is 19.8. The van der Waals surface area contributed by atoms with Crippen molar-refractivity contribution in [3.05, 3.63) is 0 Å². The number of nitrogens with one attached hydrogen (secondary N) is 1. The van der Waals surface area contributed by atoms with Crippen LogP contribution in [0.15, 0.2) is 0 Å². The number of carbonyl (C=O) groups is 1. The second-order valence-corrected chi connectivity index (χ2v) is 10.6. The summed E-state index contributed by atoms with van der Waals surface area (Å²) in [5, 5.41) is 22.5. The van der Waals surface area contributed by atoms with Crippen molar-refractivity contribution >= 4 is 6.09 Å². The summed E-state index contributed by atoms with van der Waals surface area (Å²) in [5.41, 5.74) is -0.463. The number of aliphatic hydroxyl groups excluding tert-OH is 2. The lowest BCUT2D eigenvalue weighted by Crippen LogP contribution is -2.49. The van der Waals surface area contributed by atoms with E-state index >= 15 is 0 Å². The Morgan fingerprint density at radius 1 is 1.03 bits per heavy atom. The lowest BCUT2D eigenvalue weighted by molar-refractivity contribution is -0.0112. The molecule has 0 spiro atoms. The number of rotatable bonds is 4. The Balaban J connectivity index is 0.000000326. The zero-order chi connectivity index (χ0) is 22.2. The summed E-state index contributed by atoms with van der Waals surface area (Å²) in [7, 11) is 0. The van der Waals surface area contributed by atoms with E-state index in [1.54, 1.807) is 4.90 Å².